The molecule has 0 atom stereocenters. The predicted molar refractivity (Wildman–Crippen MR) is 45.4 cm³/mol. The Morgan fingerprint density at radius 1 is 0.538 bits per heavy atom. The summed E-state index contributed by atoms with van der Waals surface area (Å²) in [6.45, 7) is 9.67. The SMILES string of the molecule is CC(C)[O-].CC(C)[O-].CC(C)[O-].[Lu+3]. The fourth-order valence-corrected chi connectivity index (χ4v) is 0. The third-order valence-electron chi connectivity index (χ3n) is 0. The second-order valence-electron chi connectivity index (χ2n) is 3.15. The van der Waals surface area contributed by atoms with E-state index in [1.54, 1.807) is 41.5 Å². The Labute approximate surface area is 111 Å². The van der Waals surface area contributed by atoms with Crippen molar-refractivity contribution in [3.05, 3.63) is 0 Å². The smallest absolute Gasteiger partial charge is 0.852 e. The molecule has 0 unspecified atom stereocenters. The summed E-state index contributed by atoms with van der Waals surface area (Å²) >= 11 is 0. The van der Waals surface area contributed by atoms with Crippen LogP contribution >= 0.6 is 0 Å². The van der Waals surface area contributed by atoms with Crippen LogP contribution in [0.1, 0.15) is 41.5 Å². The van der Waals surface area contributed by atoms with Gasteiger partial charge in [-0.05, 0) is 0 Å². The fourth-order valence-electron chi connectivity index (χ4n) is 0. The van der Waals surface area contributed by atoms with E-state index in [-0.39, 0.29) is 36.9 Å². The van der Waals surface area contributed by atoms with Gasteiger partial charge < -0.3 is 15.3 Å². The van der Waals surface area contributed by atoms with Gasteiger partial charge in [-0.15, -0.1) is 18.3 Å². The summed E-state index contributed by atoms with van der Waals surface area (Å²) in [5.41, 5.74) is 0. The first-order chi connectivity index (χ1) is 5.20. The predicted octanol–water partition coefficient (Wildman–Crippen LogP) is -0.735. The van der Waals surface area contributed by atoms with Gasteiger partial charge in [0.1, 0.15) is 0 Å². The van der Waals surface area contributed by atoms with Gasteiger partial charge >= 0.3 is 36.9 Å². The van der Waals surface area contributed by atoms with Gasteiger partial charge in [0.2, 0.25) is 0 Å². The van der Waals surface area contributed by atoms with Gasteiger partial charge in [0, 0.05) is 0 Å². The van der Waals surface area contributed by atoms with Crippen molar-refractivity contribution >= 4 is 0 Å². The molecule has 0 spiro atoms. The van der Waals surface area contributed by atoms with Gasteiger partial charge in [-0.2, -0.15) is 0 Å². The van der Waals surface area contributed by atoms with E-state index in [4.69, 9.17) is 0 Å². The molecular weight excluding hydrogens is 331 g/mol. The Balaban J connectivity index is -0.0000000450. The Morgan fingerprint density at radius 2 is 0.538 bits per heavy atom. The molecule has 0 amide bonds. The summed E-state index contributed by atoms with van der Waals surface area (Å²) < 4.78 is 0. The maximum Gasteiger partial charge on any atom is 3.00 e. The van der Waals surface area contributed by atoms with Crippen LogP contribution in [0, 0.1) is 36.9 Å². The van der Waals surface area contributed by atoms with Crippen molar-refractivity contribution in [3.8, 4) is 0 Å². The van der Waals surface area contributed by atoms with Crippen molar-refractivity contribution in [1.29, 1.82) is 0 Å². The molecule has 4 heteroatoms. The third kappa shape index (κ3) is 1310. The molecule has 0 N–H and O–H groups in total. The van der Waals surface area contributed by atoms with Gasteiger partial charge in [0.05, 0.1) is 0 Å². The van der Waals surface area contributed by atoms with Crippen molar-refractivity contribution in [2.24, 2.45) is 0 Å². The minimum atomic E-state index is -0.417. The first-order valence-corrected chi connectivity index (χ1v) is 4.17. The molecular formula is C9H21LuO3. The van der Waals surface area contributed by atoms with E-state index in [1.165, 1.54) is 0 Å². The first kappa shape index (κ1) is 23.7. The molecule has 3 nitrogen and oxygen atoms in total. The zero-order valence-electron chi connectivity index (χ0n) is 9.21. The first-order valence-electron chi connectivity index (χ1n) is 4.17. The molecule has 90 valence electrons. The summed E-state index contributed by atoms with van der Waals surface area (Å²) in [4.78, 5) is 0. The summed E-state index contributed by atoms with van der Waals surface area (Å²) in [5.74, 6) is 0. The molecule has 0 fully saturated rings. The normalized spacial score (nSPS) is 8.31. The fraction of sp³-hybridized carbons (Fsp3) is 1.00. The van der Waals surface area contributed by atoms with E-state index >= 15 is 0 Å². The zero-order valence-corrected chi connectivity index (χ0v) is 10.9. The number of hydrogen-bond acceptors (Lipinski definition) is 3. The average molecular weight is 352 g/mol. The van der Waals surface area contributed by atoms with Crippen LogP contribution in [0.3, 0.4) is 0 Å². The second-order valence-corrected chi connectivity index (χ2v) is 3.15. The van der Waals surface area contributed by atoms with Gasteiger partial charge in [0.25, 0.3) is 0 Å². The summed E-state index contributed by atoms with van der Waals surface area (Å²) in [6, 6.07) is 0. The van der Waals surface area contributed by atoms with E-state index in [9.17, 15) is 15.3 Å². The van der Waals surface area contributed by atoms with E-state index in [0.717, 1.165) is 0 Å². The maximum atomic E-state index is 9.53. The number of rotatable bonds is 0. The van der Waals surface area contributed by atoms with Crippen molar-refractivity contribution in [2.75, 3.05) is 0 Å². The van der Waals surface area contributed by atoms with Crippen LogP contribution < -0.4 is 15.3 Å². The van der Waals surface area contributed by atoms with Crippen molar-refractivity contribution in [3.63, 3.8) is 0 Å². The molecule has 0 heterocycles. The Kier molecular flexibility index (Phi) is 34.3. The van der Waals surface area contributed by atoms with Crippen molar-refractivity contribution < 1.29 is 52.2 Å². The van der Waals surface area contributed by atoms with Crippen LogP contribution in [0.4, 0.5) is 0 Å². The van der Waals surface area contributed by atoms with Crippen LogP contribution in [-0.2, 0) is 0 Å². The maximum absolute atomic E-state index is 9.53. The molecule has 0 radical (unpaired) electrons. The summed E-state index contributed by atoms with van der Waals surface area (Å²) in [5, 5.41) is 28.6. The van der Waals surface area contributed by atoms with Crippen LogP contribution in [0.2, 0.25) is 0 Å². The Bertz CT molecular complexity index is 43.4. The third-order valence-corrected chi connectivity index (χ3v) is 0. The molecule has 0 aliphatic heterocycles. The van der Waals surface area contributed by atoms with E-state index in [1.807, 2.05) is 0 Å². The van der Waals surface area contributed by atoms with E-state index in [2.05, 4.69) is 0 Å². The molecule has 13 heavy (non-hydrogen) atoms. The van der Waals surface area contributed by atoms with Gasteiger partial charge in [0.15, 0.2) is 0 Å². The largest absolute Gasteiger partial charge is 3.00 e. The molecule has 0 rings (SSSR count). The molecule has 0 aromatic heterocycles. The van der Waals surface area contributed by atoms with Gasteiger partial charge in [-0.1, -0.05) is 41.5 Å². The quantitative estimate of drug-likeness (QED) is 0.577. The monoisotopic (exact) mass is 352 g/mol. The summed E-state index contributed by atoms with van der Waals surface area (Å²) in [7, 11) is 0. The second kappa shape index (κ2) is 18.8. The Hall–Kier alpha value is 1.11. The molecule has 0 bridgehead atoms. The van der Waals surface area contributed by atoms with Crippen LogP contribution in [-0.4, -0.2) is 18.3 Å². The Morgan fingerprint density at radius 3 is 0.538 bits per heavy atom. The minimum Gasteiger partial charge on any atom is -0.852 e. The number of hydrogen-bond donors (Lipinski definition) is 0. The van der Waals surface area contributed by atoms with Crippen molar-refractivity contribution in [2.45, 2.75) is 59.9 Å². The topological polar surface area (TPSA) is 69.2 Å². The molecule has 0 aromatic carbocycles. The minimum absolute atomic E-state index is 0. The van der Waals surface area contributed by atoms with Crippen LogP contribution in [0.5, 0.6) is 0 Å². The van der Waals surface area contributed by atoms with Gasteiger partial charge in [-0.25, -0.2) is 0 Å². The standard InChI is InChI=1S/3C3H7O.Lu/c3*1-3(2)4;/h3*3H,1-2H3;/q3*-1;+3. The molecule has 0 aliphatic carbocycles. The molecule has 0 aromatic rings. The molecule has 0 saturated carbocycles. The van der Waals surface area contributed by atoms with E-state index < -0.39 is 18.3 Å². The van der Waals surface area contributed by atoms with E-state index in [0.29, 0.717) is 0 Å². The molecule has 0 saturated heterocycles. The van der Waals surface area contributed by atoms with Crippen LogP contribution in [0.25, 0.3) is 0 Å². The average Bonchev–Trinajstić information content (AvgIpc) is 1.54. The summed E-state index contributed by atoms with van der Waals surface area (Å²) in [6.07, 6.45) is -1.25. The molecule has 0 aliphatic rings. The van der Waals surface area contributed by atoms with Crippen molar-refractivity contribution in [1.82, 2.24) is 0 Å². The van der Waals surface area contributed by atoms with Gasteiger partial charge in [-0.3, -0.25) is 0 Å². The van der Waals surface area contributed by atoms with Crippen LogP contribution in [0.15, 0.2) is 0 Å². The zero-order chi connectivity index (χ0) is 10.7.